The summed E-state index contributed by atoms with van der Waals surface area (Å²) in [5.74, 6) is -0.427. The smallest absolute Gasteiger partial charge is 0.257 e. The van der Waals surface area contributed by atoms with Crippen molar-refractivity contribution in [2.24, 2.45) is 7.05 Å². The molecule has 2 heterocycles. The SMILES string of the molecule is Cc1nc(N)c2c(-c3ccc(NC(=O)C(O)C4=CCCC(Cl)=C4)cc3F)cn(C)c2n1. The molecule has 4 rings (SSSR count). The number of halogens is 2. The van der Waals surface area contributed by atoms with Gasteiger partial charge in [-0.05, 0) is 49.6 Å². The minimum Gasteiger partial charge on any atom is -0.383 e. The minimum atomic E-state index is -1.39. The molecule has 0 spiro atoms. The van der Waals surface area contributed by atoms with Crippen LogP contribution in [0.15, 0.2) is 47.2 Å². The van der Waals surface area contributed by atoms with E-state index >= 15 is 0 Å². The maximum atomic E-state index is 15.0. The molecule has 7 nitrogen and oxygen atoms in total. The summed E-state index contributed by atoms with van der Waals surface area (Å²) in [6, 6.07) is 4.30. The quantitative estimate of drug-likeness (QED) is 0.571. The first-order valence-corrected chi connectivity index (χ1v) is 10.1. The lowest BCUT2D eigenvalue weighted by atomic mass is 10.0. The fourth-order valence-electron chi connectivity index (χ4n) is 3.67. The predicted molar refractivity (Wildman–Crippen MR) is 119 cm³/mol. The monoisotopic (exact) mass is 441 g/mol. The number of hydrogen-bond acceptors (Lipinski definition) is 5. The van der Waals surface area contributed by atoms with Crippen LogP contribution in [0.4, 0.5) is 15.9 Å². The molecule has 4 N–H and O–H groups in total. The van der Waals surface area contributed by atoms with Gasteiger partial charge in [-0.25, -0.2) is 14.4 Å². The number of nitrogen functional groups attached to an aromatic ring is 1. The van der Waals surface area contributed by atoms with E-state index in [9.17, 15) is 14.3 Å². The molecule has 1 aromatic carbocycles. The Bertz CT molecular complexity index is 1260. The number of aromatic nitrogens is 3. The van der Waals surface area contributed by atoms with Gasteiger partial charge in [0.05, 0.1) is 5.39 Å². The fourth-order valence-corrected chi connectivity index (χ4v) is 3.90. The number of benzene rings is 1. The van der Waals surface area contributed by atoms with Crippen LogP contribution in [-0.2, 0) is 11.8 Å². The summed E-state index contributed by atoms with van der Waals surface area (Å²) in [4.78, 5) is 21.0. The van der Waals surface area contributed by atoms with Crippen LogP contribution in [-0.4, -0.2) is 31.7 Å². The zero-order chi connectivity index (χ0) is 22.3. The van der Waals surface area contributed by atoms with Gasteiger partial charge < -0.3 is 20.7 Å². The molecule has 0 saturated heterocycles. The van der Waals surface area contributed by atoms with Crippen LogP contribution in [0.2, 0.25) is 0 Å². The van der Waals surface area contributed by atoms with E-state index < -0.39 is 17.8 Å². The van der Waals surface area contributed by atoms with Gasteiger partial charge in [0, 0.05) is 35.1 Å². The highest BCUT2D eigenvalue weighted by Crippen LogP contribution is 2.35. The molecule has 3 aromatic rings. The van der Waals surface area contributed by atoms with Gasteiger partial charge >= 0.3 is 0 Å². The van der Waals surface area contributed by atoms with Gasteiger partial charge in [0.1, 0.15) is 23.1 Å². The summed E-state index contributed by atoms with van der Waals surface area (Å²) in [5.41, 5.74) is 8.18. The highest BCUT2D eigenvalue weighted by molar-refractivity contribution is 6.29. The van der Waals surface area contributed by atoms with Gasteiger partial charge in [-0.3, -0.25) is 4.79 Å². The maximum absolute atomic E-state index is 15.0. The minimum absolute atomic E-state index is 0.220. The standard InChI is InChI=1S/C22H21ClFN5O2/c1-11-26-20(25)18-16(10-29(2)21(18)27-11)15-7-6-14(9-17(15)24)28-22(31)19(30)12-4-3-5-13(23)8-12/h4,6-10,19,30H,3,5H2,1-2H3,(H,28,31)(H2,25,26,27). The van der Waals surface area contributed by atoms with Crippen molar-refractivity contribution in [1.82, 2.24) is 14.5 Å². The number of nitrogens with zero attached hydrogens (tertiary/aromatic N) is 3. The maximum Gasteiger partial charge on any atom is 0.257 e. The van der Waals surface area contributed by atoms with Crippen molar-refractivity contribution >= 4 is 40.0 Å². The van der Waals surface area contributed by atoms with Crippen molar-refractivity contribution in [2.45, 2.75) is 25.9 Å². The van der Waals surface area contributed by atoms with Crippen LogP contribution in [0, 0.1) is 12.7 Å². The van der Waals surface area contributed by atoms with Gasteiger partial charge in [0.2, 0.25) is 0 Å². The first-order valence-electron chi connectivity index (χ1n) is 9.68. The van der Waals surface area contributed by atoms with Crippen LogP contribution >= 0.6 is 11.6 Å². The number of carbonyl (C=O) groups excluding carboxylic acids is 1. The summed E-state index contributed by atoms with van der Waals surface area (Å²) in [6.07, 6.45) is 5.00. The van der Waals surface area contributed by atoms with Crippen molar-refractivity contribution in [3.05, 3.63) is 58.8 Å². The highest BCUT2D eigenvalue weighted by Gasteiger charge is 2.22. The molecule has 2 aromatic heterocycles. The number of nitrogens with one attached hydrogen (secondary N) is 1. The molecule has 1 unspecified atom stereocenters. The van der Waals surface area contributed by atoms with Crippen LogP contribution in [0.3, 0.4) is 0 Å². The van der Waals surface area contributed by atoms with E-state index in [4.69, 9.17) is 17.3 Å². The summed E-state index contributed by atoms with van der Waals surface area (Å²) in [6.45, 7) is 1.74. The number of aliphatic hydroxyl groups is 1. The number of aryl methyl sites for hydroxylation is 2. The molecule has 31 heavy (non-hydrogen) atoms. The number of anilines is 2. The largest absolute Gasteiger partial charge is 0.383 e. The van der Waals surface area contributed by atoms with Gasteiger partial charge in [-0.15, -0.1) is 0 Å². The zero-order valence-corrected chi connectivity index (χ0v) is 17.7. The Morgan fingerprint density at radius 2 is 2.13 bits per heavy atom. The van der Waals surface area contributed by atoms with E-state index in [2.05, 4.69) is 15.3 Å². The van der Waals surface area contributed by atoms with Crippen molar-refractivity contribution in [3.63, 3.8) is 0 Å². The lowest BCUT2D eigenvalue weighted by Gasteiger charge is -2.16. The number of nitrogens with two attached hydrogens (primary N) is 1. The molecule has 0 fully saturated rings. The number of amides is 1. The predicted octanol–water partition coefficient (Wildman–Crippen LogP) is 3.81. The molecule has 160 valence electrons. The molecule has 1 amide bonds. The zero-order valence-electron chi connectivity index (χ0n) is 17.0. The molecule has 0 bridgehead atoms. The third-order valence-electron chi connectivity index (χ3n) is 5.13. The molecule has 0 saturated carbocycles. The number of fused-ring (bicyclic) bond motifs is 1. The van der Waals surface area contributed by atoms with Crippen LogP contribution in [0.5, 0.6) is 0 Å². The molecule has 1 atom stereocenters. The second kappa shape index (κ2) is 8.13. The molecule has 1 aliphatic carbocycles. The molecule has 0 aliphatic heterocycles. The first-order chi connectivity index (χ1) is 14.7. The van der Waals surface area contributed by atoms with E-state index in [1.54, 1.807) is 49.0 Å². The van der Waals surface area contributed by atoms with E-state index in [1.807, 2.05) is 0 Å². The number of allylic oxidation sites excluding steroid dienone is 2. The number of carbonyl (C=O) groups is 1. The first kappa shape index (κ1) is 21.0. The second-order valence-electron chi connectivity index (χ2n) is 7.43. The highest BCUT2D eigenvalue weighted by atomic mass is 35.5. The lowest BCUT2D eigenvalue weighted by Crippen LogP contribution is -2.29. The van der Waals surface area contributed by atoms with Crippen molar-refractivity contribution in [2.75, 3.05) is 11.1 Å². The Labute approximate surface area is 183 Å². The van der Waals surface area contributed by atoms with Crippen molar-refractivity contribution < 1.29 is 14.3 Å². The lowest BCUT2D eigenvalue weighted by molar-refractivity contribution is -0.122. The summed E-state index contributed by atoms with van der Waals surface area (Å²) in [5, 5.41) is 14.0. The topological polar surface area (TPSA) is 106 Å². The normalized spacial score (nSPS) is 14.9. The molecule has 0 radical (unpaired) electrons. The van der Waals surface area contributed by atoms with E-state index in [0.29, 0.717) is 51.4 Å². The number of aliphatic hydroxyl groups excluding tert-OH is 1. The summed E-state index contributed by atoms with van der Waals surface area (Å²) < 4.78 is 16.8. The van der Waals surface area contributed by atoms with Gasteiger partial charge in [0.15, 0.2) is 6.10 Å². The van der Waals surface area contributed by atoms with E-state index in [0.717, 1.165) is 0 Å². The van der Waals surface area contributed by atoms with Gasteiger partial charge in [0.25, 0.3) is 5.91 Å². The number of hydrogen-bond donors (Lipinski definition) is 3. The van der Waals surface area contributed by atoms with Crippen LogP contribution in [0.1, 0.15) is 18.7 Å². The Kier molecular flexibility index (Phi) is 5.51. The second-order valence-corrected chi connectivity index (χ2v) is 7.91. The summed E-state index contributed by atoms with van der Waals surface area (Å²) >= 11 is 5.99. The Balaban J connectivity index is 1.62. The van der Waals surface area contributed by atoms with Crippen LogP contribution < -0.4 is 11.1 Å². The van der Waals surface area contributed by atoms with Gasteiger partial charge in [-0.2, -0.15) is 0 Å². The Hall–Kier alpha value is -3.23. The third kappa shape index (κ3) is 4.04. The van der Waals surface area contributed by atoms with E-state index in [-0.39, 0.29) is 11.5 Å². The molecule has 9 heteroatoms. The molecular formula is C22H21ClFN5O2. The summed E-state index contributed by atoms with van der Waals surface area (Å²) in [7, 11) is 1.80. The van der Waals surface area contributed by atoms with Gasteiger partial charge in [-0.1, -0.05) is 17.7 Å². The molecular weight excluding hydrogens is 421 g/mol. The van der Waals surface area contributed by atoms with Crippen molar-refractivity contribution in [3.8, 4) is 11.1 Å². The van der Waals surface area contributed by atoms with Crippen LogP contribution in [0.25, 0.3) is 22.2 Å². The Morgan fingerprint density at radius 1 is 1.35 bits per heavy atom. The van der Waals surface area contributed by atoms with E-state index in [1.165, 1.54) is 6.07 Å². The fraction of sp³-hybridized carbons (Fsp3) is 0.227. The Morgan fingerprint density at radius 3 is 2.84 bits per heavy atom. The third-order valence-corrected chi connectivity index (χ3v) is 5.43. The average Bonchev–Trinajstić information content (AvgIpc) is 3.04. The number of rotatable bonds is 4. The van der Waals surface area contributed by atoms with Crippen molar-refractivity contribution in [1.29, 1.82) is 0 Å². The molecule has 1 aliphatic rings. The average molecular weight is 442 g/mol.